The first-order valence-electron chi connectivity index (χ1n) is 10.7. The van der Waals surface area contributed by atoms with Crippen LogP contribution >= 0.6 is 11.3 Å². The van der Waals surface area contributed by atoms with E-state index >= 15 is 0 Å². The van der Waals surface area contributed by atoms with Gasteiger partial charge in [-0.25, -0.2) is 4.98 Å². The fourth-order valence-electron chi connectivity index (χ4n) is 3.74. The number of thiazole rings is 1. The molecular formula is C24H26N4O4S. The van der Waals surface area contributed by atoms with Gasteiger partial charge in [0.15, 0.2) is 5.13 Å². The second-order valence-corrected chi connectivity index (χ2v) is 9.12. The average Bonchev–Trinajstić information content (AvgIpc) is 3.38. The average molecular weight is 467 g/mol. The molecule has 0 aliphatic carbocycles. The molecule has 1 aliphatic heterocycles. The van der Waals surface area contributed by atoms with Gasteiger partial charge >= 0.3 is 0 Å². The van der Waals surface area contributed by atoms with Crippen molar-refractivity contribution in [2.75, 3.05) is 44.1 Å². The molecule has 2 aromatic carbocycles. The maximum Gasteiger partial charge on any atom is 0.260 e. The number of rotatable bonds is 8. The summed E-state index contributed by atoms with van der Waals surface area (Å²) in [6.45, 7) is 1.35. The van der Waals surface area contributed by atoms with E-state index in [4.69, 9.17) is 9.72 Å². The van der Waals surface area contributed by atoms with Gasteiger partial charge in [-0.1, -0.05) is 11.3 Å². The molecule has 0 saturated carbocycles. The van der Waals surface area contributed by atoms with E-state index in [0.717, 1.165) is 23.2 Å². The van der Waals surface area contributed by atoms with E-state index in [1.54, 1.807) is 36.3 Å². The number of carbonyl (C=O) groups is 3. The highest BCUT2D eigenvalue weighted by Gasteiger charge is 2.30. The third-order valence-electron chi connectivity index (χ3n) is 5.47. The summed E-state index contributed by atoms with van der Waals surface area (Å²) in [6.07, 6.45) is 1.23. The van der Waals surface area contributed by atoms with Gasteiger partial charge in [-0.2, -0.15) is 0 Å². The molecule has 0 unspecified atom stereocenters. The number of imide groups is 1. The molecule has 172 valence electrons. The van der Waals surface area contributed by atoms with Crippen molar-refractivity contribution in [3.05, 3.63) is 48.0 Å². The lowest BCUT2D eigenvalue weighted by molar-refractivity contribution is -0.121. The van der Waals surface area contributed by atoms with Gasteiger partial charge in [-0.05, 0) is 63.5 Å². The van der Waals surface area contributed by atoms with Crippen molar-refractivity contribution >= 4 is 50.1 Å². The summed E-state index contributed by atoms with van der Waals surface area (Å²) in [5.41, 5.74) is 1.74. The van der Waals surface area contributed by atoms with E-state index in [2.05, 4.69) is 4.90 Å². The lowest BCUT2D eigenvalue weighted by Gasteiger charge is -2.21. The number of benzene rings is 2. The summed E-state index contributed by atoms with van der Waals surface area (Å²) in [5, 5.41) is 0.621. The van der Waals surface area contributed by atoms with Crippen LogP contribution in [0.25, 0.3) is 10.2 Å². The minimum atomic E-state index is -0.214. The van der Waals surface area contributed by atoms with Crippen molar-refractivity contribution in [2.24, 2.45) is 0 Å². The van der Waals surface area contributed by atoms with Crippen molar-refractivity contribution in [3.8, 4) is 5.75 Å². The van der Waals surface area contributed by atoms with Crippen LogP contribution in [0.15, 0.2) is 42.5 Å². The standard InChI is InChI=1S/C24H26N4O4S/c1-26(2)13-4-14-27(24-25-19-15-18(32-3)9-10-20(19)33-24)23(31)16-5-7-17(8-6-16)28-21(29)11-12-22(28)30/h5-10,15H,4,11-14H2,1-3H3. The Balaban J connectivity index is 1.62. The first-order chi connectivity index (χ1) is 15.9. The van der Waals surface area contributed by atoms with Gasteiger partial charge in [0.1, 0.15) is 5.75 Å². The van der Waals surface area contributed by atoms with Crippen molar-refractivity contribution < 1.29 is 19.1 Å². The van der Waals surface area contributed by atoms with Crippen molar-refractivity contribution in [2.45, 2.75) is 19.3 Å². The van der Waals surface area contributed by atoms with Crippen LogP contribution in [-0.2, 0) is 9.59 Å². The molecule has 9 heteroatoms. The molecule has 3 aromatic rings. The molecule has 8 nitrogen and oxygen atoms in total. The third kappa shape index (κ3) is 4.89. The Morgan fingerprint density at radius 1 is 1.06 bits per heavy atom. The fraction of sp³-hybridized carbons (Fsp3) is 0.333. The monoisotopic (exact) mass is 466 g/mol. The molecule has 0 bridgehead atoms. The molecule has 1 fully saturated rings. The lowest BCUT2D eigenvalue weighted by atomic mass is 10.1. The summed E-state index contributed by atoms with van der Waals surface area (Å²) >= 11 is 1.46. The number of hydrogen-bond donors (Lipinski definition) is 0. The van der Waals surface area contributed by atoms with Crippen molar-refractivity contribution in [1.82, 2.24) is 9.88 Å². The summed E-state index contributed by atoms with van der Waals surface area (Å²) in [7, 11) is 5.60. The lowest BCUT2D eigenvalue weighted by Crippen LogP contribution is -2.33. The number of aromatic nitrogens is 1. The number of carbonyl (C=O) groups excluding carboxylic acids is 3. The second-order valence-electron chi connectivity index (χ2n) is 8.11. The third-order valence-corrected chi connectivity index (χ3v) is 6.53. The predicted molar refractivity (Wildman–Crippen MR) is 129 cm³/mol. The molecule has 0 atom stereocenters. The predicted octanol–water partition coefficient (Wildman–Crippen LogP) is 3.56. The number of hydrogen-bond acceptors (Lipinski definition) is 7. The van der Waals surface area contributed by atoms with Gasteiger partial charge in [0.05, 0.1) is 23.0 Å². The van der Waals surface area contributed by atoms with Crippen molar-refractivity contribution in [1.29, 1.82) is 0 Å². The molecule has 3 amide bonds. The van der Waals surface area contributed by atoms with Gasteiger partial charge in [0, 0.05) is 31.0 Å². The Morgan fingerprint density at radius 3 is 2.39 bits per heavy atom. The van der Waals surface area contributed by atoms with E-state index in [9.17, 15) is 14.4 Å². The van der Waals surface area contributed by atoms with Crippen LogP contribution in [0.3, 0.4) is 0 Å². The van der Waals surface area contributed by atoms with Crippen LogP contribution in [0, 0.1) is 0 Å². The zero-order valence-electron chi connectivity index (χ0n) is 18.9. The Hall–Kier alpha value is -3.30. The highest BCUT2D eigenvalue weighted by atomic mass is 32.1. The SMILES string of the molecule is COc1ccc2sc(N(CCCN(C)C)C(=O)c3ccc(N4C(=O)CCC4=O)cc3)nc2c1. The van der Waals surface area contributed by atoms with E-state index in [0.29, 0.717) is 28.7 Å². The number of amides is 3. The minimum Gasteiger partial charge on any atom is -0.497 e. The largest absolute Gasteiger partial charge is 0.497 e. The number of ether oxygens (including phenoxy) is 1. The van der Waals surface area contributed by atoms with Crippen LogP contribution in [0.5, 0.6) is 5.75 Å². The molecule has 1 aliphatic rings. The number of anilines is 2. The van der Waals surface area contributed by atoms with Crippen LogP contribution in [0.2, 0.25) is 0 Å². The first kappa shape index (κ1) is 22.9. The maximum atomic E-state index is 13.5. The van der Waals surface area contributed by atoms with Gasteiger partial charge in [0.2, 0.25) is 11.8 Å². The summed E-state index contributed by atoms with van der Waals surface area (Å²) in [6, 6.07) is 12.3. The Morgan fingerprint density at radius 2 is 1.76 bits per heavy atom. The molecule has 4 rings (SSSR count). The second kappa shape index (κ2) is 9.68. The zero-order chi connectivity index (χ0) is 23.5. The molecule has 33 heavy (non-hydrogen) atoms. The summed E-state index contributed by atoms with van der Waals surface area (Å²) < 4.78 is 6.27. The Labute approximate surface area is 196 Å². The summed E-state index contributed by atoms with van der Waals surface area (Å²) in [4.78, 5) is 47.2. The molecule has 0 radical (unpaired) electrons. The summed E-state index contributed by atoms with van der Waals surface area (Å²) in [5.74, 6) is 0.111. The molecule has 2 heterocycles. The van der Waals surface area contributed by atoms with Gasteiger partial charge in [-0.15, -0.1) is 0 Å². The highest BCUT2D eigenvalue weighted by molar-refractivity contribution is 7.22. The van der Waals surface area contributed by atoms with Gasteiger partial charge in [0.25, 0.3) is 5.91 Å². The van der Waals surface area contributed by atoms with Crippen LogP contribution < -0.4 is 14.5 Å². The Kier molecular flexibility index (Phi) is 6.71. The molecular weight excluding hydrogens is 440 g/mol. The maximum absolute atomic E-state index is 13.5. The number of nitrogens with zero attached hydrogens (tertiary/aromatic N) is 4. The van der Waals surface area contributed by atoms with Crippen LogP contribution in [0.1, 0.15) is 29.6 Å². The normalized spacial score (nSPS) is 13.9. The highest BCUT2D eigenvalue weighted by Crippen LogP contribution is 2.32. The molecule has 1 aromatic heterocycles. The quantitative estimate of drug-likeness (QED) is 0.472. The molecule has 0 N–H and O–H groups in total. The van der Waals surface area contributed by atoms with E-state index in [1.807, 2.05) is 32.3 Å². The van der Waals surface area contributed by atoms with Crippen molar-refractivity contribution in [3.63, 3.8) is 0 Å². The zero-order valence-corrected chi connectivity index (χ0v) is 19.7. The van der Waals surface area contributed by atoms with Crippen LogP contribution in [-0.4, -0.2) is 61.9 Å². The van der Waals surface area contributed by atoms with Crippen LogP contribution in [0.4, 0.5) is 10.8 Å². The minimum absolute atomic E-state index is 0.176. The smallest absolute Gasteiger partial charge is 0.260 e. The van der Waals surface area contributed by atoms with E-state index in [-0.39, 0.29) is 30.6 Å². The Bertz CT molecular complexity index is 1170. The topological polar surface area (TPSA) is 83.0 Å². The van der Waals surface area contributed by atoms with Gasteiger partial charge < -0.3 is 9.64 Å². The molecule has 0 spiro atoms. The fourth-order valence-corrected chi connectivity index (χ4v) is 4.71. The van der Waals surface area contributed by atoms with Gasteiger partial charge in [-0.3, -0.25) is 24.2 Å². The number of methoxy groups -OCH3 is 1. The van der Waals surface area contributed by atoms with E-state index in [1.165, 1.54) is 16.2 Å². The molecule has 1 saturated heterocycles. The van der Waals surface area contributed by atoms with E-state index < -0.39 is 0 Å². The first-order valence-corrected chi connectivity index (χ1v) is 11.6. The number of fused-ring (bicyclic) bond motifs is 1.